The van der Waals surface area contributed by atoms with Gasteiger partial charge in [-0.2, -0.15) is 11.8 Å². The number of hydrogen-bond acceptors (Lipinski definition) is 2. The van der Waals surface area contributed by atoms with Gasteiger partial charge in [0.2, 0.25) is 5.91 Å². The molecule has 0 heterocycles. The summed E-state index contributed by atoms with van der Waals surface area (Å²) in [7, 11) is 0. The summed E-state index contributed by atoms with van der Waals surface area (Å²) in [5.74, 6) is 2.13. The number of nitrogens with one attached hydrogen (secondary N) is 1. The van der Waals surface area contributed by atoms with Gasteiger partial charge >= 0.3 is 0 Å². The molecule has 0 fully saturated rings. The quantitative estimate of drug-likeness (QED) is 0.751. The maximum absolute atomic E-state index is 11.4. The predicted molar refractivity (Wildman–Crippen MR) is 65.9 cm³/mol. The summed E-state index contributed by atoms with van der Waals surface area (Å²) in [6.45, 7) is 2.74. The van der Waals surface area contributed by atoms with Crippen LogP contribution in [-0.4, -0.2) is 17.4 Å². The molecule has 82 valence electrons. The molecule has 0 saturated carbocycles. The van der Waals surface area contributed by atoms with Crippen molar-refractivity contribution in [1.29, 1.82) is 0 Å². The summed E-state index contributed by atoms with van der Waals surface area (Å²) >= 11 is 1.80. The van der Waals surface area contributed by atoms with E-state index in [0.717, 1.165) is 17.1 Å². The van der Waals surface area contributed by atoms with E-state index in [0.29, 0.717) is 13.0 Å². The van der Waals surface area contributed by atoms with E-state index in [9.17, 15) is 4.79 Å². The highest BCUT2D eigenvalue weighted by Gasteiger charge is 2.00. The first-order valence-corrected chi connectivity index (χ1v) is 6.36. The van der Waals surface area contributed by atoms with Gasteiger partial charge in [-0.25, -0.2) is 0 Å². The molecule has 0 aliphatic carbocycles. The van der Waals surface area contributed by atoms with Crippen LogP contribution < -0.4 is 5.32 Å². The lowest BCUT2D eigenvalue weighted by Gasteiger charge is -2.04. The fourth-order valence-electron chi connectivity index (χ4n) is 1.19. The van der Waals surface area contributed by atoms with Gasteiger partial charge in [0.25, 0.3) is 0 Å². The molecular formula is C12H17NOS. The zero-order valence-corrected chi connectivity index (χ0v) is 9.85. The van der Waals surface area contributed by atoms with E-state index >= 15 is 0 Å². The van der Waals surface area contributed by atoms with Crippen LogP contribution in [0.2, 0.25) is 0 Å². The predicted octanol–water partition coefficient (Wildman–Crippen LogP) is 2.45. The minimum absolute atomic E-state index is 0.139. The number of carbonyl (C=O) groups excluding carboxylic acids is 1. The molecule has 3 heteroatoms. The third kappa shape index (κ3) is 5.47. The van der Waals surface area contributed by atoms with Crippen LogP contribution in [0.15, 0.2) is 30.3 Å². The first kappa shape index (κ1) is 12.1. The van der Waals surface area contributed by atoms with Gasteiger partial charge in [0.05, 0.1) is 0 Å². The fraction of sp³-hybridized carbons (Fsp3) is 0.417. The van der Waals surface area contributed by atoms with Crippen LogP contribution in [0.3, 0.4) is 0 Å². The molecule has 1 aromatic rings. The average Bonchev–Trinajstić information content (AvgIpc) is 2.28. The lowest BCUT2D eigenvalue weighted by molar-refractivity contribution is -0.120. The third-order valence-electron chi connectivity index (χ3n) is 2.01. The Balaban J connectivity index is 2.17. The molecule has 1 aromatic carbocycles. The van der Waals surface area contributed by atoms with Crippen LogP contribution in [-0.2, 0) is 11.3 Å². The van der Waals surface area contributed by atoms with E-state index < -0.39 is 0 Å². The fourth-order valence-corrected chi connectivity index (χ4v) is 1.81. The molecule has 1 N–H and O–H groups in total. The Bertz CT molecular complexity index is 287. The largest absolute Gasteiger partial charge is 0.352 e. The van der Waals surface area contributed by atoms with Crippen LogP contribution in [0, 0.1) is 0 Å². The minimum atomic E-state index is 0.139. The number of amides is 1. The standard InChI is InChI=1S/C12H17NOS/c1-2-15-9-8-12(14)13-10-11-6-4-3-5-7-11/h3-7H,2,8-10H2,1H3,(H,13,14). The van der Waals surface area contributed by atoms with Crippen LogP contribution >= 0.6 is 11.8 Å². The topological polar surface area (TPSA) is 29.1 Å². The van der Waals surface area contributed by atoms with Gasteiger partial charge in [-0.1, -0.05) is 37.3 Å². The van der Waals surface area contributed by atoms with Crippen molar-refractivity contribution >= 4 is 17.7 Å². The molecule has 0 atom stereocenters. The summed E-state index contributed by atoms with van der Waals surface area (Å²) in [4.78, 5) is 11.4. The van der Waals surface area contributed by atoms with Gasteiger partial charge < -0.3 is 5.32 Å². The Morgan fingerprint density at radius 2 is 2.07 bits per heavy atom. The molecule has 0 spiro atoms. The first-order chi connectivity index (χ1) is 7.33. The number of rotatable bonds is 6. The van der Waals surface area contributed by atoms with Crippen molar-refractivity contribution in [2.75, 3.05) is 11.5 Å². The molecule has 2 nitrogen and oxygen atoms in total. The van der Waals surface area contributed by atoms with E-state index in [-0.39, 0.29) is 5.91 Å². The summed E-state index contributed by atoms with van der Waals surface area (Å²) < 4.78 is 0. The van der Waals surface area contributed by atoms with Crippen molar-refractivity contribution in [2.45, 2.75) is 19.9 Å². The Labute approximate surface area is 95.5 Å². The van der Waals surface area contributed by atoms with E-state index in [1.54, 1.807) is 11.8 Å². The summed E-state index contributed by atoms with van der Waals surface area (Å²) in [6, 6.07) is 9.97. The lowest BCUT2D eigenvalue weighted by atomic mass is 10.2. The molecule has 0 aliphatic heterocycles. The van der Waals surface area contributed by atoms with Gasteiger partial charge in [-0.15, -0.1) is 0 Å². The normalized spacial score (nSPS) is 9.93. The number of thioether (sulfide) groups is 1. The van der Waals surface area contributed by atoms with Crippen LogP contribution in [0.4, 0.5) is 0 Å². The van der Waals surface area contributed by atoms with E-state index in [1.807, 2.05) is 30.3 Å². The molecule has 0 aliphatic rings. The van der Waals surface area contributed by atoms with Gasteiger partial charge in [-0.05, 0) is 11.3 Å². The molecular weight excluding hydrogens is 206 g/mol. The maximum Gasteiger partial charge on any atom is 0.221 e. The van der Waals surface area contributed by atoms with Crippen LogP contribution in [0.5, 0.6) is 0 Å². The molecule has 0 saturated heterocycles. The first-order valence-electron chi connectivity index (χ1n) is 5.21. The average molecular weight is 223 g/mol. The number of benzene rings is 1. The van der Waals surface area contributed by atoms with Crippen molar-refractivity contribution in [1.82, 2.24) is 5.32 Å². The van der Waals surface area contributed by atoms with Crippen molar-refractivity contribution in [2.24, 2.45) is 0 Å². The number of hydrogen-bond donors (Lipinski definition) is 1. The van der Waals surface area contributed by atoms with E-state index in [1.165, 1.54) is 0 Å². The molecule has 1 amide bonds. The number of carbonyl (C=O) groups is 1. The highest BCUT2D eigenvalue weighted by Crippen LogP contribution is 2.01. The van der Waals surface area contributed by atoms with Gasteiger partial charge in [0.15, 0.2) is 0 Å². The van der Waals surface area contributed by atoms with E-state index in [2.05, 4.69) is 12.2 Å². The minimum Gasteiger partial charge on any atom is -0.352 e. The third-order valence-corrected chi connectivity index (χ3v) is 2.91. The molecule has 0 radical (unpaired) electrons. The SMILES string of the molecule is CCSCCC(=O)NCc1ccccc1. The summed E-state index contributed by atoms with van der Waals surface area (Å²) in [5, 5.41) is 2.91. The van der Waals surface area contributed by atoms with Crippen molar-refractivity contribution in [3.8, 4) is 0 Å². The lowest BCUT2D eigenvalue weighted by Crippen LogP contribution is -2.22. The van der Waals surface area contributed by atoms with Crippen LogP contribution in [0.25, 0.3) is 0 Å². The Morgan fingerprint density at radius 3 is 2.73 bits per heavy atom. The Kier molecular flexibility index (Phi) is 5.93. The zero-order chi connectivity index (χ0) is 10.9. The smallest absolute Gasteiger partial charge is 0.221 e. The summed E-state index contributed by atoms with van der Waals surface area (Å²) in [5.41, 5.74) is 1.15. The van der Waals surface area contributed by atoms with Gasteiger partial charge in [0, 0.05) is 18.7 Å². The molecule has 1 rings (SSSR count). The monoisotopic (exact) mass is 223 g/mol. The van der Waals surface area contributed by atoms with E-state index in [4.69, 9.17) is 0 Å². The second kappa shape index (κ2) is 7.35. The molecule has 15 heavy (non-hydrogen) atoms. The second-order valence-corrected chi connectivity index (χ2v) is 4.60. The summed E-state index contributed by atoms with van der Waals surface area (Å²) in [6.07, 6.45) is 0.616. The Hall–Kier alpha value is -0.960. The Morgan fingerprint density at radius 1 is 1.33 bits per heavy atom. The highest BCUT2D eigenvalue weighted by molar-refractivity contribution is 7.99. The van der Waals surface area contributed by atoms with Crippen molar-refractivity contribution < 1.29 is 4.79 Å². The second-order valence-electron chi connectivity index (χ2n) is 3.21. The maximum atomic E-state index is 11.4. The van der Waals surface area contributed by atoms with Gasteiger partial charge in [-0.3, -0.25) is 4.79 Å². The zero-order valence-electron chi connectivity index (χ0n) is 9.03. The van der Waals surface area contributed by atoms with Gasteiger partial charge in [0.1, 0.15) is 0 Å². The van der Waals surface area contributed by atoms with Crippen molar-refractivity contribution in [3.05, 3.63) is 35.9 Å². The molecule has 0 bridgehead atoms. The highest BCUT2D eigenvalue weighted by atomic mass is 32.2. The molecule has 0 unspecified atom stereocenters. The molecule has 0 aromatic heterocycles. The van der Waals surface area contributed by atoms with Crippen LogP contribution in [0.1, 0.15) is 18.9 Å². The van der Waals surface area contributed by atoms with Crippen molar-refractivity contribution in [3.63, 3.8) is 0 Å².